The molecule has 4 atom stereocenters. The lowest BCUT2D eigenvalue weighted by Gasteiger charge is -2.29. The second-order valence-corrected chi connectivity index (χ2v) is 10.1. The Morgan fingerprint density at radius 2 is 1.43 bits per heavy atom. The topological polar surface area (TPSA) is 105 Å². The van der Waals surface area contributed by atoms with Crippen LogP contribution in [0.4, 0.5) is 4.79 Å². The Bertz CT molecular complexity index is 1070. The van der Waals surface area contributed by atoms with Crippen LogP contribution in [0.25, 0.3) is 11.1 Å². The Balaban J connectivity index is 1.13. The van der Waals surface area contributed by atoms with Crippen molar-refractivity contribution in [3.63, 3.8) is 0 Å². The summed E-state index contributed by atoms with van der Waals surface area (Å²) in [4.78, 5) is 36.6. The van der Waals surface area contributed by atoms with E-state index in [1.807, 2.05) is 24.3 Å². The minimum absolute atomic E-state index is 0.0130. The van der Waals surface area contributed by atoms with Crippen molar-refractivity contribution in [2.24, 2.45) is 11.8 Å². The number of carbonyl (C=O) groups is 3. The number of hydrogen-bond acceptors (Lipinski definition) is 4. The number of ether oxygens (including phenoxy) is 1. The largest absolute Gasteiger partial charge is 0.481 e. The molecule has 0 heterocycles. The number of aliphatic carboxylic acids is 1. The molecule has 0 bridgehead atoms. The van der Waals surface area contributed by atoms with E-state index in [4.69, 9.17) is 4.74 Å². The van der Waals surface area contributed by atoms with Gasteiger partial charge in [0.2, 0.25) is 5.91 Å². The highest BCUT2D eigenvalue weighted by Gasteiger charge is 2.34. The summed E-state index contributed by atoms with van der Waals surface area (Å²) in [7, 11) is 0. The van der Waals surface area contributed by atoms with Crippen LogP contribution in [0, 0.1) is 11.8 Å². The van der Waals surface area contributed by atoms with E-state index in [1.54, 1.807) is 0 Å². The SMILES string of the molecule is O=C(N[C@@H]1CCC[C@@H](C(=O)N[C@H]2CC[C@@H](C(=O)O)C2)C1)OCC1c2ccccc2-c2ccccc21. The fourth-order valence-electron chi connectivity index (χ4n) is 6.02. The molecule has 3 aliphatic rings. The highest BCUT2D eigenvalue weighted by Crippen LogP contribution is 2.44. The van der Waals surface area contributed by atoms with Crippen LogP contribution in [0.2, 0.25) is 0 Å². The summed E-state index contributed by atoms with van der Waals surface area (Å²) in [5.41, 5.74) is 4.73. The van der Waals surface area contributed by atoms with Crippen LogP contribution >= 0.6 is 0 Å². The maximum absolute atomic E-state index is 12.8. The van der Waals surface area contributed by atoms with Gasteiger partial charge in [0.1, 0.15) is 6.61 Å². The minimum atomic E-state index is -0.785. The maximum atomic E-state index is 12.8. The Hall–Kier alpha value is -3.35. The highest BCUT2D eigenvalue weighted by molar-refractivity contribution is 5.80. The van der Waals surface area contributed by atoms with Gasteiger partial charge >= 0.3 is 12.1 Å². The van der Waals surface area contributed by atoms with Crippen molar-refractivity contribution < 1.29 is 24.2 Å². The predicted molar refractivity (Wildman–Crippen MR) is 131 cm³/mol. The third-order valence-corrected chi connectivity index (χ3v) is 7.84. The summed E-state index contributed by atoms with van der Waals surface area (Å²) in [5.74, 6) is -1.34. The lowest BCUT2D eigenvalue weighted by atomic mass is 9.85. The number of carboxylic acid groups (broad SMARTS) is 1. The van der Waals surface area contributed by atoms with Crippen LogP contribution in [0.15, 0.2) is 48.5 Å². The van der Waals surface area contributed by atoms with Crippen molar-refractivity contribution in [2.45, 2.75) is 62.9 Å². The van der Waals surface area contributed by atoms with Crippen molar-refractivity contribution in [1.29, 1.82) is 0 Å². The molecular formula is C28H32N2O5. The number of benzene rings is 2. The van der Waals surface area contributed by atoms with E-state index in [0.29, 0.717) is 25.7 Å². The average molecular weight is 477 g/mol. The lowest BCUT2D eigenvalue weighted by molar-refractivity contribution is -0.141. The molecule has 5 rings (SSSR count). The Morgan fingerprint density at radius 1 is 0.800 bits per heavy atom. The third kappa shape index (κ3) is 5.04. The first-order chi connectivity index (χ1) is 17.0. The molecule has 184 valence electrons. The normalized spacial score (nSPS) is 25.4. The van der Waals surface area contributed by atoms with Gasteiger partial charge in [-0.05, 0) is 60.8 Å². The van der Waals surface area contributed by atoms with Crippen molar-refractivity contribution >= 4 is 18.0 Å². The van der Waals surface area contributed by atoms with Gasteiger partial charge in [-0.3, -0.25) is 9.59 Å². The summed E-state index contributed by atoms with van der Waals surface area (Å²) in [6, 6.07) is 16.3. The number of nitrogens with one attached hydrogen (secondary N) is 2. The monoisotopic (exact) mass is 476 g/mol. The van der Waals surface area contributed by atoms with Crippen LogP contribution in [-0.2, 0) is 14.3 Å². The van der Waals surface area contributed by atoms with Gasteiger partial charge in [0.15, 0.2) is 0 Å². The second kappa shape index (κ2) is 10.1. The van der Waals surface area contributed by atoms with Crippen LogP contribution in [0.3, 0.4) is 0 Å². The van der Waals surface area contributed by atoms with Gasteiger partial charge in [-0.1, -0.05) is 55.0 Å². The molecule has 0 aliphatic heterocycles. The molecule has 2 saturated carbocycles. The summed E-state index contributed by atoms with van der Waals surface area (Å²) in [6.45, 7) is 0.267. The van der Waals surface area contributed by atoms with Crippen LogP contribution in [0.5, 0.6) is 0 Å². The zero-order valence-electron chi connectivity index (χ0n) is 19.7. The first-order valence-corrected chi connectivity index (χ1v) is 12.6. The molecule has 2 aromatic carbocycles. The quantitative estimate of drug-likeness (QED) is 0.571. The predicted octanol–water partition coefficient (Wildman–Crippen LogP) is 4.45. The van der Waals surface area contributed by atoms with Gasteiger partial charge in [-0.25, -0.2) is 4.79 Å². The van der Waals surface area contributed by atoms with Crippen molar-refractivity contribution in [3.8, 4) is 11.1 Å². The third-order valence-electron chi connectivity index (χ3n) is 7.84. The molecule has 0 unspecified atom stereocenters. The Kier molecular flexibility index (Phi) is 6.75. The minimum Gasteiger partial charge on any atom is -0.481 e. The van der Waals surface area contributed by atoms with Gasteiger partial charge in [0.25, 0.3) is 0 Å². The van der Waals surface area contributed by atoms with Gasteiger partial charge in [0, 0.05) is 23.9 Å². The van der Waals surface area contributed by atoms with Gasteiger partial charge in [0.05, 0.1) is 5.92 Å². The van der Waals surface area contributed by atoms with Crippen molar-refractivity contribution in [1.82, 2.24) is 10.6 Å². The van der Waals surface area contributed by atoms with Gasteiger partial charge < -0.3 is 20.5 Å². The summed E-state index contributed by atoms with van der Waals surface area (Å²) in [5, 5.41) is 15.2. The molecule has 3 aliphatic carbocycles. The van der Waals surface area contributed by atoms with E-state index >= 15 is 0 Å². The lowest BCUT2D eigenvalue weighted by Crippen LogP contribution is -2.44. The van der Waals surface area contributed by atoms with E-state index in [0.717, 1.165) is 19.3 Å². The van der Waals surface area contributed by atoms with Gasteiger partial charge in [-0.15, -0.1) is 0 Å². The van der Waals surface area contributed by atoms with Crippen LogP contribution in [0.1, 0.15) is 62.0 Å². The average Bonchev–Trinajstić information content (AvgIpc) is 3.46. The molecule has 0 aromatic heterocycles. The van der Waals surface area contributed by atoms with Gasteiger partial charge in [-0.2, -0.15) is 0 Å². The number of fused-ring (bicyclic) bond motifs is 3. The molecule has 35 heavy (non-hydrogen) atoms. The molecule has 2 aromatic rings. The molecule has 7 heteroatoms. The molecule has 3 N–H and O–H groups in total. The second-order valence-electron chi connectivity index (χ2n) is 10.1. The maximum Gasteiger partial charge on any atom is 0.407 e. The highest BCUT2D eigenvalue weighted by atomic mass is 16.5. The fraction of sp³-hybridized carbons (Fsp3) is 0.464. The van der Waals surface area contributed by atoms with E-state index < -0.39 is 12.1 Å². The van der Waals surface area contributed by atoms with Crippen molar-refractivity contribution in [2.75, 3.05) is 6.61 Å². The summed E-state index contributed by atoms with van der Waals surface area (Å²) in [6.07, 6.45) is 4.39. The molecule has 2 fully saturated rings. The van der Waals surface area contributed by atoms with Crippen LogP contribution in [-0.4, -0.2) is 41.8 Å². The number of rotatable bonds is 6. The number of carboxylic acids is 1. The zero-order chi connectivity index (χ0) is 24.4. The number of alkyl carbamates (subject to hydrolysis) is 1. The first-order valence-electron chi connectivity index (χ1n) is 12.6. The fourth-order valence-corrected chi connectivity index (χ4v) is 6.02. The molecule has 0 radical (unpaired) electrons. The van der Waals surface area contributed by atoms with E-state index in [2.05, 4.69) is 34.9 Å². The zero-order valence-corrected chi connectivity index (χ0v) is 19.7. The van der Waals surface area contributed by atoms with Crippen molar-refractivity contribution in [3.05, 3.63) is 59.7 Å². The number of carbonyl (C=O) groups excluding carboxylic acids is 2. The molecular weight excluding hydrogens is 444 g/mol. The summed E-state index contributed by atoms with van der Waals surface area (Å²) >= 11 is 0. The first kappa shape index (κ1) is 23.4. The molecule has 0 saturated heterocycles. The number of hydrogen-bond donors (Lipinski definition) is 3. The smallest absolute Gasteiger partial charge is 0.407 e. The summed E-state index contributed by atoms with van der Waals surface area (Å²) < 4.78 is 5.67. The Labute approximate surface area is 205 Å². The van der Waals surface area contributed by atoms with Crippen LogP contribution < -0.4 is 10.6 Å². The van der Waals surface area contributed by atoms with E-state index in [1.165, 1.54) is 22.3 Å². The Morgan fingerprint density at radius 3 is 2.09 bits per heavy atom. The molecule has 0 spiro atoms. The molecule has 7 nitrogen and oxygen atoms in total. The number of amides is 2. The standard InChI is InChI=1S/C28H32N2O5/c31-26(29-20-13-12-18(15-20)27(32)33)17-6-5-7-19(14-17)30-28(34)35-16-25-23-10-3-1-8-21(23)22-9-2-4-11-24(22)25/h1-4,8-11,17-20,25H,5-7,12-16H2,(H,29,31)(H,30,34)(H,32,33)/t17-,18-,19-,20+/m1/s1. The van der Waals surface area contributed by atoms with E-state index in [-0.39, 0.29) is 42.4 Å². The van der Waals surface area contributed by atoms with E-state index in [9.17, 15) is 19.5 Å². The molecule has 2 amide bonds.